The van der Waals surface area contributed by atoms with E-state index in [-0.39, 0.29) is 31.2 Å². The van der Waals surface area contributed by atoms with E-state index in [1.807, 2.05) is 42.5 Å². The van der Waals surface area contributed by atoms with Crippen molar-refractivity contribution in [1.29, 1.82) is 0 Å². The molecule has 0 bridgehead atoms. The molecule has 2 aliphatic carbocycles. The second-order valence-electron chi connectivity index (χ2n) is 14.1. The summed E-state index contributed by atoms with van der Waals surface area (Å²) < 4.78 is 39.4. The van der Waals surface area contributed by atoms with Crippen LogP contribution in [-0.2, 0) is 24.4 Å². The minimum absolute atomic E-state index is 0.148. The van der Waals surface area contributed by atoms with Crippen LogP contribution < -0.4 is 20.1 Å². The third-order valence-electron chi connectivity index (χ3n) is 10.4. The number of para-hydroxylation sites is 1. The van der Waals surface area contributed by atoms with Crippen molar-refractivity contribution in [2.45, 2.75) is 100 Å². The minimum Gasteiger partial charge on any atom is -0.488 e. The number of hydrogen-bond acceptors (Lipinski definition) is 9. The molecule has 5 atom stereocenters. The minimum atomic E-state index is -3.93. The van der Waals surface area contributed by atoms with E-state index < -0.39 is 50.3 Å². The fourth-order valence-corrected chi connectivity index (χ4v) is 8.28. The number of carbonyl (C=O) groups excluding carboxylic acids is 3. The van der Waals surface area contributed by atoms with Gasteiger partial charge in [-0.2, -0.15) is 0 Å². The number of fused-ring (bicyclic) bond motifs is 3. The molecule has 3 N–H and O–H groups in total. The maximum atomic E-state index is 14.4. The van der Waals surface area contributed by atoms with Gasteiger partial charge in [-0.1, -0.05) is 43.2 Å². The highest BCUT2D eigenvalue weighted by Crippen LogP contribution is 2.47. The van der Waals surface area contributed by atoms with Crippen LogP contribution in [0.5, 0.6) is 5.75 Å². The van der Waals surface area contributed by atoms with Crippen molar-refractivity contribution < 1.29 is 32.0 Å². The Balaban J connectivity index is 1.18. The van der Waals surface area contributed by atoms with Crippen LogP contribution in [-0.4, -0.2) is 71.0 Å². The molecule has 1 aromatic heterocycles. The van der Waals surface area contributed by atoms with Crippen LogP contribution in [0.15, 0.2) is 65.1 Å². The first kappa shape index (κ1) is 33.1. The third kappa shape index (κ3) is 6.77. The first-order chi connectivity index (χ1) is 23.5. The summed E-state index contributed by atoms with van der Waals surface area (Å²) in [5, 5.41) is 6.34. The zero-order chi connectivity index (χ0) is 34.4. The number of anilines is 1. The van der Waals surface area contributed by atoms with Gasteiger partial charge in [0.1, 0.15) is 35.0 Å². The van der Waals surface area contributed by atoms with E-state index in [0.29, 0.717) is 42.0 Å². The molecule has 0 spiro atoms. The van der Waals surface area contributed by atoms with Crippen LogP contribution in [0, 0.1) is 12.8 Å². The van der Waals surface area contributed by atoms with Crippen LogP contribution in [0.2, 0.25) is 0 Å². The van der Waals surface area contributed by atoms with Gasteiger partial charge in [-0.3, -0.25) is 19.1 Å². The Morgan fingerprint density at radius 3 is 2.67 bits per heavy atom. The van der Waals surface area contributed by atoms with Crippen molar-refractivity contribution in [3.8, 4) is 5.75 Å². The summed E-state index contributed by atoms with van der Waals surface area (Å²) in [7, 11) is -3.93. The smallest absolute Gasteiger partial charge is 0.259 e. The van der Waals surface area contributed by atoms with Crippen LogP contribution in [0.3, 0.4) is 0 Å². The molecule has 260 valence electrons. The zero-order valence-corrected chi connectivity index (χ0v) is 28.6. The molecule has 13 heteroatoms. The number of aromatic nitrogens is 1. The topological polar surface area (TPSA) is 160 Å². The summed E-state index contributed by atoms with van der Waals surface area (Å²) >= 11 is 0. The van der Waals surface area contributed by atoms with Gasteiger partial charge in [0, 0.05) is 31.0 Å². The quantitative estimate of drug-likeness (QED) is 0.307. The molecule has 3 heterocycles. The first-order valence-corrected chi connectivity index (χ1v) is 18.7. The summed E-state index contributed by atoms with van der Waals surface area (Å²) in [6.45, 7) is 3.53. The molecule has 1 saturated heterocycles. The predicted octanol–water partition coefficient (Wildman–Crippen LogP) is 4.36. The van der Waals surface area contributed by atoms with Crippen molar-refractivity contribution in [2.24, 2.45) is 5.92 Å². The van der Waals surface area contributed by atoms with Crippen LogP contribution in [0.4, 0.5) is 5.69 Å². The highest BCUT2D eigenvalue weighted by molar-refractivity contribution is 7.91. The summed E-state index contributed by atoms with van der Waals surface area (Å²) in [6.07, 6.45) is 8.72. The molecule has 49 heavy (non-hydrogen) atoms. The van der Waals surface area contributed by atoms with Crippen molar-refractivity contribution >= 4 is 44.5 Å². The second kappa shape index (κ2) is 12.8. The van der Waals surface area contributed by atoms with E-state index >= 15 is 0 Å². The van der Waals surface area contributed by atoms with Gasteiger partial charge in [-0.15, -0.1) is 0 Å². The van der Waals surface area contributed by atoms with Crippen LogP contribution in [0.25, 0.3) is 11.1 Å². The number of aryl methyl sites for hydroxylation is 1. The van der Waals surface area contributed by atoms with Gasteiger partial charge < -0.3 is 24.7 Å². The Bertz CT molecular complexity index is 1890. The maximum absolute atomic E-state index is 14.4. The monoisotopic (exact) mass is 689 g/mol. The molecule has 3 fully saturated rings. The van der Waals surface area contributed by atoms with Gasteiger partial charge >= 0.3 is 0 Å². The van der Waals surface area contributed by atoms with Crippen molar-refractivity contribution in [2.75, 3.05) is 11.9 Å². The van der Waals surface area contributed by atoms with Crippen LogP contribution >= 0.6 is 0 Å². The number of benzene rings is 2. The number of nitrogens with zero attached hydrogens (tertiary/aromatic N) is 2. The van der Waals surface area contributed by atoms with Crippen molar-refractivity contribution in [3.63, 3.8) is 0 Å². The van der Waals surface area contributed by atoms with E-state index in [2.05, 4.69) is 20.3 Å². The Hall–Kier alpha value is -4.39. The maximum Gasteiger partial charge on any atom is 0.259 e. The van der Waals surface area contributed by atoms with Crippen molar-refractivity contribution in [1.82, 2.24) is 19.9 Å². The SMILES string of the molecule is Cc1nc2cc(O[C@@H]3C[C@H]4C(=O)N[C@]5(C(=O)NS(=O)(=O)C6(C)CC6)C[C@@H]5/C=C\CCCCC[C@H](Nc5ccccc5)C(=O)N4C3)ccc2o1. The van der Waals surface area contributed by atoms with Gasteiger partial charge in [0.05, 0.1) is 11.3 Å². The number of allylic oxidation sites excluding steroid dienone is 1. The molecule has 4 aliphatic rings. The molecule has 0 radical (unpaired) electrons. The number of hydrogen-bond donors (Lipinski definition) is 3. The molecule has 3 aromatic rings. The van der Waals surface area contributed by atoms with E-state index in [4.69, 9.17) is 9.15 Å². The van der Waals surface area contributed by atoms with E-state index in [0.717, 1.165) is 31.4 Å². The second-order valence-corrected chi connectivity index (χ2v) is 16.3. The molecule has 2 aliphatic heterocycles. The highest BCUT2D eigenvalue weighted by atomic mass is 32.2. The summed E-state index contributed by atoms with van der Waals surface area (Å²) in [5.74, 6) is -0.800. The number of carbonyl (C=O) groups is 3. The number of nitrogens with one attached hydrogen (secondary N) is 3. The molecule has 2 aromatic carbocycles. The van der Waals surface area contributed by atoms with Gasteiger partial charge in [-0.05, 0) is 69.7 Å². The molecular weight excluding hydrogens is 646 g/mol. The average Bonchev–Trinajstić information content (AvgIpc) is 3.89. The Morgan fingerprint density at radius 2 is 1.90 bits per heavy atom. The van der Waals surface area contributed by atoms with E-state index in [1.54, 1.807) is 36.9 Å². The first-order valence-electron chi connectivity index (χ1n) is 17.2. The van der Waals surface area contributed by atoms with Gasteiger partial charge in [0.25, 0.3) is 5.91 Å². The largest absolute Gasteiger partial charge is 0.488 e. The number of amides is 3. The highest BCUT2D eigenvalue weighted by Gasteiger charge is 2.63. The van der Waals surface area contributed by atoms with Gasteiger partial charge in [-0.25, -0.2) is 13.4 Å². The molecule has 7 rings (SSSR count). The fourth-order valence-electron chi connectivity index (χ4n) is 6.97. The average molecular weight is 690 g/mol. The Morgan fingerprint density at radius 1 is 1.10 bits per heavy atom. The molecular formula is C36H43N5O7S. The molecule has 2 saturated carbocycles. The lowest BCUT2D eigenvalue weighted by Gasteiger charge is -2.30. The lowest BCUT2D eigenvalue weighted by Crippen LogP contribution is -2.58. The summed E-state index contributed by atoms with van der Waals surface area (Å²) in [4.78, 5) is 48.4. The fraction of sp³-hybridized carbons (Fsp3) is 0.500. The Kier molecular flexibility index (Phi) is 8.66. The van der Waals surface area contributed by atoms with Crippen molar-refractivity contribution in [3.05, 3.63) is 66.6 Å². The summed E-state index contributed by atoms with van der Waals surface area (Å²) in [6, 6.07) is 13.3. The van der Waals surface area contributed by atoms with Gasteiger partial charge in [0.2, 0.25) is 21.8 Å². The normalized spacial score (nSPS) is 29.1. The standard InChI is InChI=1S/C36H43N5O7S/c1-23-37-29-19-26(15-16-31(29)47-23)48-27-20-30-32(42)39-36(34(44)40-49(45,46)35(2)17-18-35)21-24(36)11-7-4-3-5-10-14-28(33(43)41(30)22-27)38-25-12-8-6-9-13-25/h6-9,11-13,15-16,19,24,27-28,30,38H,3-5,10,14,17-18,20-22H2,1-2H3,(H,39,42)(H,40,44)/b11-7-/t24-,27+,28-,30-,36+/m0/s1. The van der Waals surface area contributed by atoms with E-state index in [9.17, 15) is 22.8 Å². The zero-order valence-electron chi connectivity index (χ0n) is 27.8. The predicted molar refractivity (Wildman–Crippen MR) is 183 cm³/mol. The molecule has 12 nitrogen and oxygen atoms in total. The number of sulfonamides is 1. The number of ether oxygens (including phenoxy) is 1. The van der Waals surface area contributed by atoms with E-state index in [1.165, 1.54) is 0 Å². The third-order valence-corrected chi connectivity index (χ3v) is 12.5. The summed E-state index contributed by atoms with van der Waals surface area (Å²) in [5.41, 5.74) is 0.632. The van der Waals surface area contributed by atoms with Gasteiger partial charge in [0.15, 0.2) is 11.5 Å². The number of oxazole rings is 1. The Labute approximate surface area is 286 Å². The number of rotatable bonds is 7. The lowest BCUT2D eigenvalue weighted by atomic mass is 10.0. The van der Waals surface area contributed by atoms with Crippen LogP contribution in [0.1, 0.15) is 70.6 Å². The molecule has 3 amide bonds. The lowest BCUT2D eigenvalue weighted by molar-refractivity contribution is -0.140. The molecule has 0 unspecified atom stereocenters.